The molecule has 1 saturated heterocycles. The Labute approximate surface area is 179 Å². The number of benzene rings is 1. The standard InChI is InChI=1S/C17H21ClF2N6.HI/c1-21-17(23-12-15-22-6-7-26(15)16(19)20)25-10-8-24(9-11-25)14-5-3-2-4-13(14)18;/h2-7,16H,8-12H2,1H3,(H,21,23);1H. The smallest absolute Gasteiger partial charge is 0.319 e. The Kier molecular flexibility index (Phi) is 8.08. The number of piperazine rings is 1. The topological polar surface area (TPSA) is 48.7 Å². The zero-order valence-corrected chi connectivity index (χ0v) is 17.9. The fourth-order valence-electron chi connectivity index (χ4n) is 3.02. The van der Waals surface area contributed by atoms with E-state index in [0.717, 1.165) is 41.5 Å². The Balaban J connectivity index is 0.00000261. The van der Waals surface area contributed by atoms with Crippen molar-refractivity contribution in [2.45, 2.75) is 13.1 Å². The average molecular weight is 511 g/mol. The molecule has 0 spiro atoms. The highest BCUT2D eigenvalue weighted by Gasteiger charge is 2.21. The van der Waals surface area contributed by atoms with Gasteiger partial charge in [-0.05, 0) is 12.1 Å². The van der Waals surface area contributed by atoms with Crippen molar-refractivity contribution in [1.82, 2.24) is 19.8 Å². The van der Waals surface area contributed by atoms with Crippen LogP contribution in [0.4, 0.5) is 14.5 Å². The van der Waals surface area contributed by atoms with E-state index in [9.17, 15) is 8.78 Å². The van der Waals surface area contributed by atoms with E-state index in [1.165, 1.54) is 12.4 Å². The van der Waals surface area contributed by atoms with E-state index in [1.807, 2.05) is 24.3 Å². The van der Waals surface area contributed by atoms with E-state index in [-0.39, 0.29) is 36.3 Å². The molecule has 1 aliphatic heterocycles. The van der Waals surface area contributed by atoms with E-state index in [2.05, 4.69) is 25.1 Å². The summed E-state index contributed by atoms with van der Waals surface area (Å²) in [5.74, 6) is 0.948. The number of imidazole rings is 1. The first-order valence-corrected chi connectivity index (χ1v) is 8.73. The molecule has 0 saturated carbocycles. The van der Waals surface area contributed by atoms with Crippen LogP contribution < -0.4 is 10.2 Å². The van der Waals surface area contributed by atoms with Crippen molar-refractivity contribution in [3.05, 3.63) is 47.5 Å². The maximum absolute atomic E-state index is 12.9. The summed E-state index contributed by atoms with van der Waals surface area (Å²) in [5.41, 5.74) is 1.02. The first-order chi connectivity index (χ1) is 12.6. The summed E-state index contributed by atoms with van der Waals surface area (Å²) in [6.45, 7) is 0.707. The van der Waals surface area contributed by atoms with Crippen LogP contribution in [0.3, 0.4) is 0 Å². The van der Waals surface area contributed by atoms with Crippen molar-refractivity contribution in [3.63, 3.8) is 0 Å². The minimum atomic E-state index is -2.60. The molecule has 148 valence electrons. The highest BCUT2D eigenvalue weighted by molar-refractivity contribution is 14.0. The molecule has 0 aliphatic carbocycles. The normalized spacial score (nSPS) is 15.1. The van der Waals surface area contributed by atoms with Crippen LogP contribution in [-0.4, -0.2) is 53.6 Å². The van der Waals surface area contributed by atoms with Gasteiger partial charge in [0.25, 0.3) is 0 Å². The first kappa shape index (κ1) is 21.7. The molecule has 1 aromatic heterocycles. The number of halogens is 4. The zero-order chi connectivity index (χ0) is 18.5. The van der Waals surface area contributed by atoms with Crippen LogP contribution in [0.15, 0.2) is 41.7 Å². The lowest BCUT2D eigenvalue weighted by Gasteiger charge is -2.38. The summed E-state index contributed by atoms with van der Waals surface area (Å²) in [6, 6.07) is 7.78. The number of nitrogens with one attached hydrogen (secondary N) is 1. The van der Waals surface area contributed by atoms with E-state index in [1.54, 1.807) is 7.05 Å². The van der Waals surface area contributed by atoms with Gasteiger partial charge in [-0.15, -0.1) is 24.0 Å². The maximum Gasteiger partial charge on any atom is 0.319 e. The van der Waals surface area contributed by atoms with Gasteiger partial charge in [0.15, 0.2) is 5.96 Å². The summed E-state index contributed by atoms with van der Waals surface area (Å²) >= 11 is 6.27. The number of guanidine groups is 1. The Morgan fingerprint density at radius 3 is 2.59 bits per heavy atom. The largest absolute Gasteiger partial charge is 0.367 e. The quantitative estimate of drug-likeness (QED) is 0.389. The summed E-state index contributed by atoms with van der Waals surface area (Å²) < 4.78 is 26.6. The zero-order valence-electron chi connectivity index (χ0n) is 14.9. The highest BCUT2D eigenvalue weighted by atomic mass is 127. The van der Waals surface area contributed by atoms with Gasteiger partial charge in [0, 0.05) is 45.6 Å². The number of alkyl halides is 2. The molecule has 2 aromatic rings. The van der Waals surface area contributed by atoms with E-state index in [4.69, 9.17) is 11.6 Å². The molecule has 1 aliphatic rings. The fraction of sp³-hybridized carbons (Fsp3) is 0.412. The van der Waals surface area contributed by atoms with Crippen LogP contribution in [0.5, 0.6) is 0 Å². The SMILES string of the molecule is CN=C(NCc1nccn1C(F)F)N1CCN(c2ccccc2Cl)CC1.I. The van der Waals surface area contributed by atoms with Gasteiger partial charge in [-0.1, -0.05) is 23.7 Å². The van der Waals surface area contributed by atoms with Crippen molar-refractivity contribution in [2.75, 3.05) is 38.1 Å². The molecule has 0 bridgehead atoms. The van der Waals surface area contributed by atoms with Gasteiger partial charge < -0.3 is 15.1 Å². The molecule has 0 unspecified atom stereocenters. The Bertz CT molecular complexity index is 761. The second kappa shape index (κ2) is 10.1. The molecule has 1 N–H and O–H groups in total. The third-order valence-corrected chi connectivity index (χ3v) is 4.67. The minimum Gasteiger partial charge on any atom is -0.367 e. The van der Waals surface area contributed by atoms with Crippen molar-refractivity contribution < 1.29 is 8.78 Å². The van der Waals surface area contributed by atoms with Crippen LogP contribution in [0.25, 0.3) is 0 Å². The van der Waals surface area contributed by atoms with Crippen LogP contribution in [0, 0.1) is 0 Å². The molecular formula is C17H22ClF2IN6. The summed E-state index contributed by atoms with van der Waals surface area (Å²) in [6.07, 6.45) is 2.64. The lowest BCUT2D eigenvalue weighted by Crippen LogP contribution is -2.52. The summed E-state index contributed by atoms with van der Waals surface area (Å²) in [7, 11) is 1.68. The molecule has 3 rings (SSSR count). The Hall–Kier alpha value is -1.62. The Morgan fingerprint density at radius 2 is 1.96 bits per heavy atom. The fourth-order valence-corrected chi connectivity index (χ4v) is 3.27. The number of anilines is 1. The van der Waals surface area contributed by atoms with Gasteiger partial charge in [0.05, 0.1) is 17.3 Å². The van der Waals surface area contributed by atoms with Gasteiger partial charge in [-0.25, -0.2) is 4.98 Å². The van der Waals surface area contributed by atoms with Crippen LogP contribution in [0.1, 0.15) is 12.4 Å². The average Bonchev–Trinajstić information content (AvgIpc) is 3.12. The van der Waals surface area contributed by atoms with Crippen molar-refractivity contribution >= 4 is 47.2 Å². The minimum absolute atomic E-state index is 0. The monoisotopic (exact) mass is 510 g/mol. The molecule has 1 fully saturated rings. The number of aliphatic imine (C=N–C) groups is 1. The van der Waals surface area contributed by atoms with E-state index < -0.39 is 6.55 Å². The Morgan fingerprint density at radius 1 is 1.26 bits per heavy atom. The van der Waals surface area contributed by atoms with Gasteiger partial charge in [0.1, 0.15) is 5.82 Å². The number of rotatable bonds is 4. The maximum atomic E-state index is 12.9. The lowest BCUT2D eigenvalue weighted by atomic mass is 10.2. The van der Waals surface area contributed by atoms with Crippen LogP contribution in [0.2, 0.25) is 5.02 Å². The molecule has 1 aromatic carbocycles. The van der Waals surface area contributed by atoms with Crippen molar-refractivity contribution in [1.29, 1.82) is 0 Å². The number of aromatic nitrogens is 2. The molecule has 2 heterocycles. The molecule has 27 heavy (non-hydrogen) atoms. The lowest BCUT2D eigenvalue weighted by molar-refractivity contribution is 0.0668. The molecular weight excluding hydrogens is 489 g/mol. The van der Waals surface area contributed by atoms with Gasteiger partial charge in [-0.3, -0.25) is 9.56 Å². The number of nitrogens with zero attached hydrogens (tertiary/aromatic N) is 5. The van der Waals surface area contributed by atoms with Crippen molar-refractivity contribution in [2.24, 2.45) is 4.99 Å². The second-order valence-corrected chi connectivity index (χ2v) is 6.26. The van der Waals surface area contributed by atoms with Crippen molar-refractivity contribution in [3.8, 4) is 0 Å². The third-order valence-electron chi connectivity index (χ3n) is 4.35. The summed E-state index contributed by atoms with van der Waals surface area (Å²) in [4.78, 5) is 12.6. The number of hydrogen-bond acceptors (Lipinski definition) is 3. The molecule has 0 amide bonds. The first-order valence-electron chi connectivity index (χ1n) is 8.35. The predicted octanol–water partition coefficient (Wildman–Crippen LogP) is 3.45. The summed E-state index contributed by atoms with van der Waals surface area (Å²) in [5, 5.41) is 3.86. The van der Waals surface area contributed by atoms with Crippen LogP contribution in [-0.2, 0) is 6.54 Å². The van der Waals surface area contributed by atoms with E-state index >= 15 is 0 Å². The number of para-hydroxylation sites is 1. The van der Waals surface area contributed by atoms with Crippen LogP contribution >= 0.6 is 35.6 Å². The second-order valence-electron chi connectivity index (χ2n) is 5.85. The molecule has 10 heteroatoms. The molecule has 6 nitrogen and oxygen atoms in total. The molecule has 0 radical (unpaired) electrons. The molecule has 0 atom stereocenters. The van der Waals surface area contributed by atoms with E-state index in [0.29, 0.717) is 5.96 Å². The third kappa shape index (κ3) is 5.22. The predicted molar refractivity (Wildman–Crippen MR) is 114 cm³/mol. The van der Waals surface area contributed by atoms with Gasteiger partial charge in [0.2, 0.25) is 0 Å². The van der Waals surface area contributed by atoms with Gasteiger partial charge in [-0.2, -0.15) is 8.78 Å². The van der Waals surface area contributed by atoms with Gasteiger partial charge >= 0.3 is 6.55 Å². The number of hydrogen-bond donors (Lipinski definition) is 1. The highest BCUT2D eigenvalue weighted by Crippen LogP contribution is 2.26.